The standard InChI is InChI=1S/C13H19N5O3.C2H6.CH4/c1-4-20-8-5-7(2)21-12(8)18-6-15-9-10(18)16-13(14)17-11(9)19-3;1-2;/h6-8,12H,4-5H2,1-3H3,(H2,14,16,17);1-2H3;1H4. The molecule has 136 valence electrons. The van der Waals surface area contributed by atoms with Crippen molar-refractivity contribution in [2.75, 3.05) is 19.5 Å². The van der Waals surface area contributed by atoms with Crippen molar-refractivity contribution in [1.82, 2.24) is 19.5 Å². The number of nitrogens with zero attached hydrogens (tertiary/aromatic N) is 4. The number of ether oxygens (including phenoxy) is 3. The highest BCUT2D eigenvalue weighted by molar-refractivity contribution is 5.77. The number of hydrogen-bond acceptors (Lipinski definition) is 7. The molecule has 8 nitrogen and oxygen atoms in total. The maximum absolute atomic E-state index is 5.95. The number of anilines is 1. The summed E-state index contributed by atoms with van der Waals surface area (Å²) < 4.78 is 18.7. The van der Waals surface area contributed by atoms with Crippen LogP contribution in [0.2, 0.25) is 0 Å². The largest absolute Gasteiger partial charge is 0.479 e. The first kappa shape index (κ1) is 20.1. The number of fused-ring (bicyclic) bond motifs is 1. The summed E-state index contributed by atoms with van der Waals surface area (Å²) in [7, 11) is 1.53. The van der Waals surface area contributed by atoms with Crippen molar-refractivity contribution < 1.29 is 14.2 Å². The molecular formula is C16H29N5O3. The summed E-state index contributed by atoms with van der Waals surface area (Å²) in [6.07, 6.45) is 2.30. The quantitative estimate of drug-likeness (QED) is 0.914. The molecule has 0 aromatic carbocycles. The van der Waals surface area contributed by atoms with E-state index in [0.29, 0.717) is 23.7 Å². The normalized spacial score (nSPS) is 22.6. The van der Waals surface area contributed by atoms with Crippen molar-refractivity contribution in [2.45, 2.75) is 60.0 Å². The second-order valence-corrected chi connectivity index (χ2v) is 4.98. The van der Waals surface area contributed by atoms with Crippen LogP contribution in [0, 0.1) is 0 Å². The van der Waals surface area contributed by atoms with E-state index in [0.717, 1.165) is 6.42 Å². The van der Waals surface area contributed by atoms with Crippen LogP contribution in [0.4, 0.5) is 5.95 Å². The Balaban J connectivity index is 0.000000925. The lowest BCUT2D eigenvalue weighted by molar-refractivity contribution is -0.0549. The van der Waals surface area contributed by atoms with Crippen LogP contribution < -0.4 is 10.5 Å². The van der Waals surface area contributed by atoms with E-state index >= 15 is 0 Å². The lowest BCUT2D eigenvalue weighted by atomic mass is 10.2. The molecule has 0 amide bonds. The Morgan fingerprint density at radius 3 is 2.71 bits per heavy atom. The Morgan fingerprint density at radius 2 is 2.08 bits per heavy atom. The first-order valence-electron chi connectivity index (χ1n) is 7.95. The second-order valence-electron chi connectivity index (χ2n) is 4.98. The third-order valence-corrected chi connectivity index (χ3v) is 3.51. The van der Waals surface area contributed by atoms with Crippen LogP contribution in [0.3, 0.4) is 0 Å². The van der Waals surface area contributed by atoms with E-state index in [1.54, 1.807) is 6.33 Å². The molecule has 3 rings (SSSR count). The number of nitrogens with two attached hydrogens (primary N) is 1. The Kier molecular flexibility index (Phi) is 7.37. The monoisotopic (exact) mass is 339 g/mol. The van der Waals surface area contributed by atoms with Gasteiger partial charge >= 0.3 is 0 Å². The summed E-state index contributed by atoms with van der Waals surface area (Å²) in [5.74, 6) is 0.496. The van der Waals surface area contributed by atoms with Gasteiger partial charge in [-0.15, -0.1) is 0 Å². The maximum Gasteiger partial charge on any atom is 0.246 e. The Labute approximate surface area is 143 Å². The average Bonchev–Trinajstić information content (AvgIpc) is 3.12. The zero-order valence-electron chi connectivity index (χ0n) is 14.3. The summed E-state index contributed by atoms with van der Waals surface area (Å²) >= 11 is 0. The summed E-state index contributed by atoms with van der Waals surface area (Å²) in [6.45, 7) is 8.62. The van der Waals surface area contributed by atoms with Crippen molar-refractivity contribution >= 4 is 17.1 Å². The molecule has 8 heteroatoms. The lowest BCUT2D eigenvalue weighted by Gasteiger charge is -2.20. The highest BCUT2D eigenvalue weighted by Crippen LogP contribution is 2.34. The molecule has 0 saturated carbocycles. The zero-order valence-corrected chi connectivity index (χ0v) is 14.3. The molecule has 3 heterocycles. The van der Waals surface area contributed by atoms with Crippen molar-refractivity contribution in [3.8, 4) is 5.88 Å². The molecule has 0 spiro atoms. The number of aromatic nitrogens is 4. The molecule has 1 aliphatic heterocycles. The minimum absolute atomic E-state index is 0. The van der Waals surface area contributed by atoms with Gasteiger partial charge in [0.1, 0.15) is 6.10 Å². The van der Waals surface area contributed by atoms with E-state index in [-0.39, 0.29) is 31.8 Å². The molecule has 0 aliphatic carbocycles. The van der Waals surface area contributed by atoms with E-state index in [9.17, 15) is 0 Å². The van der Waals surface area contributed by atoms with Gasteiger partial charge in [-0.1, -0.05) is 21.3 Å². The van der Waals surface area contributed by atoms with E-state index in [1.165, 1.54) is 7.11 Å². The van der Waals surface area contributed by atoms with Gasteiger partial charge in [-0.2, -0.15) is 9.97 Å². The Hall–Kier alpha value is -1.93. The van der Waals surface area contributed by atoms with E-state index < -0.39 is 0 Å². The molecule has 1 aliphatic rings. The number of rotatable bonds is 4. The van der Waals surface area contributed by atoms with Gasteiger partial charge < -0.3 is 19.9 Å². The molecule has 1 fully saturated rings. The van der Waals surface area contributed by atoms with Crippen molar-refractivity contribution in [2.24, 2.45) is 0 Å². The lowest BCUT2D eigenvalue weighted by Crippen LogP contribution is -2.22. The number of hydrogen-bond donors (Lipinski definition) is 1. The van der Waals surface area contributed by atoms with Crippen LogP contribution in [-0.2, 0) is 9.47 Å². The SMILES string of the molecule is C.CC.CCOC1CC(C)OC1n1cnc2c(OC)nc(N)nc21. The Morgan fingerprint density at radius 1 is 1.38 bits per heavy atom. The van der Waals surface area contributed by atoms with Crippen LogP contribution in [0.5, 0.6) is 5.88 Å². The minimum atomic E-state index is -0.274. The number of nitrogen functional groups attached to an aromatic ring is 1. The molecule has 24 heavy (non-hydrogen) atoms. The molecule has 0 bridgehead atoms. The minimum Gasteiger partial charge on any atom is -0.479 e. The van der Waals surface area contributed by atoms with E-state index in [4.69, 9.17) is 19.9 Å². The molecule has 0 radical (unpaired) electrons. The summed E-state index contributed by atoms with van der Waals surface area (Å²) in [6, 6.07) is 0. The van der Waals surface area contributed by atoms with E-state index in [2.05, 4.69) is 15.0 Å². The number of methoxy groups -OCH3 is 1. The maximum atomic E-state index is 5.95. The molecule has 3 unspecified atom stereocenters. The van der Waals surface area contributed by atoms with Gasteiger partial charge in [0, 0.05) is 13.0 Å². The summed E-state index contributed by atoms with van der Waals surface area (Å²) in [5, 5.41) is 0. The molecular weight excluding hydrogens is 310 g/mol. The fraction of sp³-hybridized carbons (Fsp3) is 0.688. The van der Waals surface area contributed by atoms with Gasteiger partial charge in [-0.3, -0.25) is 4.57 Å². The summed E-state index contributed by atoms with van der Waals surface area (Å²) in [4.78, 5) is 12.6. The van der Waals surface area contributed by atoms with Crippen LogP contribution in [0.15, 0.2) is 6.33 Å². The van der Waals surface area contributed by atoms with Crippen LogP contribution in [0.1, 0.15) is 47.8 Å². The van der Waals surface area contributed by atoms with Crippen molar-refractivity contribution in [1.29, 1.82) is 0 Å². The predicted octanol–water partition coefficient (Wildman–Crippen LogP) is 2.79. The van der Waals surface area contributed by atoms with Gasteiger partial charge in [-0.25, -0.2) is 4.98 Å². The summed E-state index contributed by atoms with van der Waals surface area (Å²) in [5.41, 5.74) is 6.88. The fourth-order valence-electron chi connectivity index (χ4n) is 2.67. The topological polar surface area (TPSA) is 97.3 Å². The van der Waals surface area contributed by atoms with Gasteiger partial charge in [0.25, 0.3) is 0 Å². The third-order valence-electron chi connectivity index (χ3n) is 3.51. The highest BCUT2D eigenvalue weighted by Gasteiger charge is 2.36. The molecule has 3 atom stereocenters. The van der Waals surface area contributed by atoms with Crippen LogP contribution in [0.25, 0.3) is 11.2 Å². The number of imidazole rings is 1. The van der Waals surface area contributed by atoms with Crippen molar-refractivity contribution in [3.05, 3.63) is 6.33 Å². The zero-order chi connectivity index (χ0) is 17.0. The van der Waals surface area contributed by atoms with Crippen molar-refractivity contribution in [3.63, 3.8) is 0 Å². The fourth-order valence-corrected chi connectivity index (χ4v) is 2.67. The van der Waals surface area contributed by atoms with Gasteiger partial charge in [0.05, 0.1) is 19.5 Å². The van der Waals surface area contributed by atoms with Crippen LogP contribution in [-0.4, -0.2) is 45.4 Å². The van der Waals surface area contributed by atoms with Gasteiger partial charge in [0.2, 0.25) is 11.8 Å². The molecule has 2 aromatic rings. The molecule has 2 N–H and O–H groups in total. The second kappa shape index (κ2) is 8.79. The molecule has 2 aromatic heterocycles. The third kappa shape index (κ3) is 3.76. The highest BCUT2D eigenvalue weighted by atomic mass is 16.6. The average molecular weight is 339 g/mol. The van der Waals surface area contributed by atoms with Crippen LogP contribution >= 0.6 is 0 Å². The Bertz CT molecular complexity index is 646. The van der Waals surface area contributed by atoms with Gasteiger partial charge in [-0.05, 0) is 13.8 Å². The first-order valence-corrected chi connectivity index (χ1v) is 7.95. The smallest absolute Gasteiger partial charge is 0.246 e. The van der Waals surface area contributed by atoms with Gasteiger partial charge in [0.15, 0.2) is 17.4 Å². The predicted molar refractivity (Wildman–Crippen MR) is 94.0 cm³/mol. The first-order chi connectivity index (χ1) is 11.1. The molecule has 1 saturated heterocycles. The van der Waals surface area contributed by atoms with E-state index in [1.807, 2.05) is 32.3 Å².